The summed E-state index contributed by atoms with van der Waals surface area (Å²) in [6.07, 6.45) is 0.885. The molecule has 0 aliphatic carbocycles. The fourth-order valence-corrected chi connectivity index (χ4v) is 1.36. The molecule has 0 N–H and O–H groups in total. The van der Waals surface area contributed by atoms with Crippen LogP contribution in [0.4, 0.5) is 5.69 Å². The largest absolute Gasteiger partial charge is 0.476 e. The van der Waals surface area contributed by atoms with E-state index in [0.717, 1.165) is 6.20 Å². The fourth-order valence-electron chi connectivity index (χ4n) is 1.36. The van der Waals surface area contributed by atoms with Gasteiger partial charge in [0.05, 0.1) is 18.1 Å². The van der Waals surface area contributed by atoms with E-state index in [-0.39, 0.29) is 11.7 Å². The number of nitro groups is 1. The summed E-state index contributed by atoms with van der Waals surface area (Å²) in [7, 11) is 1.19. The van der Waals surface area contributed by atoms with Gasteiger partial charge in [0.1, 0.15) is 11.8 Å². The van der Waals surface area contributed by atoms with E-state index in [4.69, 9.17) is 14.7 Å². The number of carbonyl (C=O) groups excluding carboxylic acids is 1. The molecule has 0 spiro atoms. The molecule has 0 saturated heterocycles. The minimum atomic E-state index is -1.39. The Kier molecular flexibility index (Phi) is 4.75. The zero-order chi connectivity index (χ0) is 16.2. The van der Waals surface area contributed by atoms with E-state index >= 15 is 0 Å². The van der Waals surface area contributed by atoms with Crippen LogP contribution in [0.15, 0.2) is 6.20 Å². The molecule has 1 heterocycles. The van der Waals surface area contributed by atoms with Gasteiger partial charge in [-0.25, -0.2) is 4.98 Å². The maximum absolute atomic E-state index is 11.9. The molecule has 0 amide bonds. The van der Waals surface area contributed by atoms with Crippen LogP contribution in [0.5, 0.6) is 5.88 Å². The Morgan fingerprint density at radius 3 is 2.57 bits per heavy atom. The third-order valence-electron chi connectivity index (χ3n) is 2.17. The Hall–Kier alpha value is -2.76. The van der Waals surface area contributed by atoms with Crippen molar-refractivity contribution in [1.29, 1.82) is 5.26 Å². The fraction of sp³-hybridized carbons (Fsp3) is 0.500. The van der Waals surface area contributed by atoms with Crippen LogP contribution in [-0.4, -0.2) is 33.6 Å². The lowest BCUT2D eigenvalue weighted by Gasteiger charge is -2.20. The van der Waals surface area contributed by atoms with Crippen molar-refractivity contribution < 1.29 is 19.2 Å². The summed E-state index contributed by atoms with van der Waals surface area (Å²) >= 11 is 0. The SMILES string of the molecule is COc1nc(C(C#N)C(=O)OC(C)(C)C)ncc1[N+](=O)[O-]. The van der Waals surface area contributed by atoms with E-state index in [1.807, 2.05) is 0 Å². The van der Waals surface area contributed by atoms with Gasteiger partial charge in [-0.2, -0.15) is 10.2 Å². The third kappa shape index (κ3) is 4.10. The van der Waals surface area contributed by atoms with Crippen molar-refractivity contribution >= 4 is 11.7 Å². The van der Waals surface area contributed by atoms with E-state index < -0.39 is 28.1 Å². The van der Waals surface area contributed by atoms with Crippen molar-refractivity contribution in [1.82, 2.24) is 9.97 Å². The van der Waals surface area contributed by atoms with Crippen molar-refractivity contribution in [3.05, 3.63) is 22.1 Å². The molecule has 1 aromatic heterocycles. The smallest absolute Gasteiger partial charge is 0.349 e. The van der Waals surface area contributed by atoms with Gasteiger partial charge in [0.25, 0.3) is 5.88 Å². The predicted octanol–water partition coefficient (Wildman–Crippen LogP) is 1.34. The average molecular weight is 294 g/mol. The summed E-state index contributed by atoms with van der Waals surface area (Å²) in [6, 6.07) is 1.72. The Labute approximate surface area is 120 Å². The van der Waals surface area contributed by atoms with Crippen molar-refractivity contribution in [3.8, 4) is 11.9 Å². The molecule has 0 fully saturated rings. The van der Waals surface area contributed by atoms with Crippen molar-refractivity contribution in [2.45, 2.75) is 32.3 Å². The second-order valence-electron chi connectivity index (χ2n) is 4.98. The minimum Gasteiger partial charge on any atom is -0.476 e. The third-order valence-corrected chi connectivity index (χ3v) is 2.17. The molecule has 0 aliphatic heterocycles. The van der Waals surface area contributed by atoms with Gasteiger partial charge >= 0.3 is 11.7 Å². The highest BCUT2D eigenvalue weighted by Gasteiger charge is 2.31. The number of hydrogen-bond acceptors (Lipinski definition) is 8. The average Bonchev–Trinajstić information content (AvgIpc) is 2.36. The molecular formula is C12H14N4O5. The number of aromatic nitrogens is 2. The number of methoxy groups -OCH3 is 1. The lowest BCUT2D eigenvalue weighted by Crippen LogP contribution is -2.28. The molecule has 9 heteroatoms. The van der Waals surface area contributed by atoms with E-state index in [9.17, 15) is 14.9 Å². The van der Waals surface area contributed by atoms with Crippen LogP contribution in [0, 0.1) is 21.4 Å². The Morgan fingerprint density at radius 1 is 1.52 bits per heavy atom. The van der Waals surface area contributed by atoms with Crippen LogP contribution in [-0.2, 0) is 9.53 Å². The van der Waals surface area contributed by atoms with Gasteiger partial charge in [0.2, 0.25) is 5.92 Å². The molecule has 21 heavy (non-hydrogen) atoms. The molecule has 0 radical (unpaired) electrons. The molecule has 0 bridgehead atoms. The lowest BCUT2D eigenvalue weighted by molar-refractivity contribution is -0.386. The van der Waals surface area contributed by atoms with Crippen LogP contribution in [0.25, 0.3) is 0 Å². The highest BCUT2D eigenvalue weighted by molar-refractivity contribution is 5.80. The van der Waals surface area contributed by atoms with E-state index in [0.29, 0.717) is 0 Å². The molecule has 1 atom stereocenters. The molecule has 0 aromatic carbocycles. The summed E-state index contributed by atoms with van der Waals surface area (Å²) in [6.45, 7) is 4.95. The normalized spacial score (nSPS) is 12.1. The topological polar surface area (TPSA) is 128 Å². The molecular weight excluding hydrogens is 280 g/mol. The van der Waals surface area contributed by atoms with Crippen molar-refractivity contribution in [2.75, 3.05) is 7.11 Å². The number of carbonyl (C=O) groups is 1. The van der Waals surface area contributed by atoms with E-state index in [1.54, 1.807) is 26.8 Å². The second kappa shape index (κ2) is 6.13. The van der Waals surface area contributed by atoms with E-state index in [2.05, 4.69) is 9.97 Å². The maximum Gasteiger partial charge on any atom is 0.349 e. The molecule has 1 aromatic rings. The first-order chi connectivity index (χ1) is 9.69. The number of nitrogens with zero attached hydrogens (tertiary/aromatic N) is 4. The highest BCUT2D eigenvalue weighted by Crippen LogP contribution is 2.25. The van der Waals surface area contributed by atoms with Gasteiger partial charge < -0.3 is 9.47 Å². The van der Waals surface area contributed by atoms with Crippen LogP contribution in [0.3, 0.4) is 0 Å². The number of hydrogen-bond donors (Lipinski definition) is 0. The first-order valence-electron chi connectivity index (χ1n) is 5.87. The number of nitriles is 1. The molecule has 1 unspecified atom stereocenters. The monoisotopic (exact) mass is 294 g/mol. The number of rotatable bonds is 4. The van der Waals surface area contributed by atoms with Crippen LogP contribution in [0.2, 0.25) is 0 Å². The van der Waals surface area contributed by atoms with Gasteiger partial charge in [-0.3, -0.25) is 14.9 Å². The zero-order valence-electron chi connectivity index (χ0n) is 12.0. The van der Waals surface area contributed by atoms with Gasteiger partial charge in [-0.05, 0) is 20.8 Å². The van der Waals surface area contributed by atoms with Crippen LogP contribution < -0.4 is 4.74 Å². The summed E-state index contributed by atoms with van der Waals surface area (Å²) in [5.74, 6) is -2.76. The van der Waals surface area contributed by atoms with Crippen molar-refractivity contribution in [2.24, 2.45) is 0 Å². The summed E-state index contributed by atoms with van der Waals surface area (Å²) in [5, 5.41) is 19.8. The zero-order valence-corrected chi connectivity index (χ0v) is 12.0. The molecule has 112 valence electrons. The molecule has 1 rings (SSSR count). The standard InChI is InChI=1S/C12H14N4O5/c1-12(2,3)21-11(17)7(5-13)9-14-6-8(16(18)19)10(15-9)20-4/h6-7H,1-4H3. The summed E-state index contributed by atoms with van der Waals surface area (Å²) in [5.41, 5.74) is -1.24. The first-order valence-corrected chi connectivity index (χ1v) is 5.87. The van der Waals surface area contributed by atoms with Crippen LogP contribution >= 0.6 is 0 Å². The number of ether oxygens (including phenoxy) is 2. The Morgan fingerprint density at radius 2 is 2.14 bits per heavy atom. The first kappa shape index (κ1) is 16.3. The summed E-state index contributed by atoms with van der Waals surface area (Å²) < 4.78 is 9.85. The number of esters is 1. The Bertz CT molecular complexity index is 603. The minimum absolute atomic E-state index is 0.214. The molecule has 0 aliphatic rings. The Balaban J connectivity index is 3.16. The predicted molar refractivity (Wildman–Crippen MR) is 69.4 cm³/mol. The van der Waals surface area contributed by atoms with Gasteiger partial charge in [0.15, 0.2) is 5.82 Å². The van der Waals surface area contributed by atoms with Gasteiger partial charge in [-0.1, -0.05) is 0 Å². The molecule has 9 nitrogen and oxygen atoms in total. The maximum atomic E-state index is 11.9. The van der Waals surface area contributed by atoms with Crippen molar-refractivity contribution in [3.63, 3.8) is 0 Å². The lowest BCUT2D eigenvalue weighted by atomic mass is 10.1. The quantitative estimate of drug-likeness (QED) is 0.462. The highest BCUT2D eigenvalue weighted by atomic mass is 16.6. The molecule has 0 saturated carbocycles. The van der Waals surface area contributed by atoms with E-state index in [1.165, 1.54) is 7.11 Å². The summed E-state index contributed by atoms with van der Waals surface area (Å²) in [4.78, 5) is 29.3. The van der Waals surface area contributed by atoms with Crippen LogP contribution in [0.1, 0.15) is 32.5 Å². The van der Waals surface area contributed by atoms with Gasteiger partial charge in [0, 0.05) is 0 Å². The second-order valence-corrected chi connectivity index (χ2v) is 4.98. The van der Waals surface area contributed by atoms with Gasteiger partial charge in [-0.15, -0.1) is 0 Å².